The lowest BCUT2D eigenvalue weighted by Crippen LogP contribution is -2.32. The van der Waals surface area contributed by atoms with E-state index >= 15 is 0 Å². The predicted molar refractivity (Wildman–Crippen MR) is 74.7 cm³/mol. The van der Waals surface area contributed by atoms with E-state index < -0.39 is 27.5 Å². The van der Waals surface area contributed by atoms with E-state index in [9.17, 15) is 21.6 Å². The average Bonchev–Trinajstić information content (AvgIpc) is 2.38. The summed E-state index contributed by atoms with van der Waals surface area (Å²) in [7, 11) is -3.21. The molecule has 21 heavy (non-hydrogen) atoms. The normalized spacial score (nSPS) is 12.1. The number of sulfonamides is 1. The van der Waals surface area contributed by atoms with Gasteiger partial charge in [0, 0.05) is 19.6 Å². The molecule has 0 bridgehead atoms. The van der Waals surface area contributed by atoms with Gasteiger partial charge in [-0.2, -0.15) is 0 Å². The van der Waals surface area contributed by atoms with Crippen LogP contribution in [0.5, 0.6) is 0 Å². The molecule has 1 aromatic carbocycles. The maximum absolute atomic E-state index is 13.0. The summed E-state index contributed by atoms with van der Waals surface area (Å²) < 4.78 is 62.7. The van der Waals surface area contributed by atoms with Crippen LogP contribution >= 0.6 is 0 Å². The van der Waals surface area contributed by atoms with Gasteiger partial charge in [0.15, 0.2) is 17.5 Å². The number of nitrogens with zero attached hydrogens (tertiary/aromatic N) is 1. The van der Waals surface area contributed by atoms with Crippen LogP contribution < -0.4 is 5.32 Å². The van der Waals surface area contributed by atoms with E-state index in [-0.39, 0.29) is 6.54 Å². The maximum Gasteiger partial charge on any atom is 0.211 e. The lowest BCUT2D eigenvalue weighted by atomic mass is 10.2. The zero-order valence-corrected chi connectivity index (χ0v) is 12.8. The zero-order chi connectivity index (χ0) is 16.0. The molecule has 0 fully saturated rings. The third-order valence-corrected chi connectivity index (χ3v) is 4.33. The molecule has 1 rings (SSSR count). The van der Waals surface area contributed by atoms with Crippen molar-refractivity contribution in [3.8, 4) is 0 Å². The minimum atomic E-state index is -3.21. The van der Waals surface area contributed by atoms with Crippen molar-refractivity contribution in [1.82, 2.24) is 9.62 Å². The van der Waals surface area contributed by atoms with Gasteiger partial charge in [-0.05, 0) is 30.7 Å². The molecule has 8 heteroatoms. The Kier molecular flexibility index (Phi) is 6.63. The first-order valence-corrected chi connectivity index (χ1v) is 8.39. The largest absolute Gasteiger partial charge is 0.313 e. The molecular weight excluding hydrogens is 305 g/mol. The third-order valence-electron chi connectivity index (χ3n) is 2.96. The summed E-state index contributed by atoms with van der Waals surface area (Å²) in [4.78, 5) is 0. The van der Waals surface area contributed by atoms with Crippen LogP contribution in [0.4, 0.5) is 13.2 Å². The zero-order valence-electron chi connectivity index (χ0n) is 12.0. The van der Waals surface area contributed by atoms with Gasteiger partial charge >= 0.3 is 0 Å². The van der Waals surface area contributed by atoms with Crippen molar-refractivity contribution >= 4 is 10.0 Å². The molecule has 1 aromatic rings. The van der Waals surface area contributed by atoms with E-state index in [1.54, 1.807) is 6.92 Å². The van der Waals surface area contributed by atoms with Crippen molar-refractivity contribution in [3.05, 3.63) is 35.1 Å². The predicted octanol–water partition coefficient (Wildman–Crippen LogP) is 1.87. The van der Waals surface area contributed by atoms with Gasteiger partial charge in [0.25, 0.3) is 0 Å². The molecule has 0 radical (unpaired) electrons. The van der Waals surface area contributed by atoms with E-state index in [1.165, 1.54) is 4.31 Å². The van der Waals surface area contributed by atoms with E-state index in [0.717, 1.165) is 18.4 Å². The van der Waals surface area contributed by atoms with Crippen LogP contribution in [0.2, 0.25) is 0 Å². The van der Waals surface area contributed by atoms with Gasteiger partial charge in [0.1, 0.15) is 0 Å². The van der Waals surface area contributed by atoms with Crippen LogP contribution in [0, 0.1) is 17.5 Å². The van der Waals surface area contributed by atoms with Gasteiger partial charge < -0.3 is 5.32 Å². The highest BCUT2D eigenvalue weighted by atomic mass is 32.2. The fraction of sp³-hybridized carbons (Fsp3) is 0.538. The second-order valence-corrected chi connectivity index (χ2v) is 6.64. The molecule has 0 spiro atoms. The van der Waals surface area contributed by atoms with Crippen LogP contribution in [-0.4, -0.2) is 38.6 Å². The molecule has 0 aliphatic carbocycles. The summed E-state index contributed by atoms with van der Waals surface area (Å²) in [5.41, 5.74) is 0.293. The van der Waals surface area contributed by atoms with Gasteiger partial charge in [0.05, 0.1) is 6.26 Å². The molecular formula is C13H19F3N2O2S. The highest BCUT2D eigenvalue weighted by Crippen LogP contribution is 2.13. The number of benzene rings is 1. The summed E-state index contributed by atoms with van der Waals surface area (Å²) in [5, 5.41) is 2.93. The van der Waals surface area contributed by atoms with Crippen LogP contribution in [-0.2, 0) is 16.6 Å². The second-order valence-electron chi connectivity index (χ2n) is 4.66. The van der Waals surface area contributed by atoms with Gasteiger partial charge in [-0.1, -0.05) is 6.92 Å². The monoisotopic (exact) mass is 324 g/mol. The van der Waals surface area contributed by atoms with Crippen LogP contribution in [0.1, 0.15) is 18.9 Å². The Labute approximate surface area is 123 Å². The Bertz CT molecular complexity index is 556. The van der Waals surface area contributed by atoms with E-state index in [4.69, 9.17) is 0 Å². The van der Waals surface area contributed by atoms with Crippen molar-refractivity contribution < 1.29 is 21.6 Å². The van der Waals surface area contributed by atoms with Gasteiger partial charge in [-0.25, -0.2) is 25.9 Å². The number of hydrogen-bond acceptors (Lipinski definition) is 3. The molecule has 0 atom stereocenters. The fourth-order valence-corrected chi connectivity index (χ4v) is 2.81. The molecule has 0 amide bonds. The van der Waals surface area contributed by atoms with Crippen LogP contribution in [0.15, 0.2) is 12.1 Å². The summed E-state index contributed by atoms with van der Waals surface area (Å²) in [5.74, 6) is -3.92. The van der Waals surface area contributed by atoms with Crippen molar-refractivity contribution in [2.45, 2.75) is 19.9 Å². The lowest BCUT2D eigenvalue weighted by Gasteiger charge is -2.17. The molecule has 1 N–H and O–H groups in total. The minimum Gasteiger partial charge on any atom is -0.313 e. The molecule has 0 unspecified atom stereocenters. The molecule has 0 saturated heterocycles. The fourth-order valence-electron chi connectivity index (χ4n) is 1.88. The summed E-state index contributed by atoms with van der Waals surface area (Å²) in [6.07, 6.45) is 1.71. The van der Waals surface area contributed by atoms with Gasteiger partial charge in [-0.15, -0.1) is 0 Å². The maximum atomic E-state index is 13.0. The van der Waals surface area contributed by atoms with Crippen molar-refractivity contribution in [3.63, 3.8) is 0 Å². The first-order valence-electron chi connectivity index (χ1n) is 6.55. The average molecular weight is 324 g/mol. The SMILES string of the molecule is CCN(CCCNCc1cc(F)c(F)c(F)c1)S(C)(=O)=O. The standard InChI is InChI=1S/C13H19F3N2O2S/c1-3-18(21(2,19)20)6-4-5-17-9-10-7-11(14)13(16)12(15)8-10/h7-8,17H,3-6,9H2,1-2H3. The molecule has 0 aromatic heterocycles. The lowest BCUT2D eigenvalue weighted by molar-refractivity contribution is 0.418. The highest BCUT2D eigenvalue weighted by molar-refractivity contribution is 7.88. The number of rotatable bonds is 8. The summed E-state index contributed by atoms with van der Waals surface area (Å²) in [6.45, 7) is 3.17. The molecule has 4 nitrogen and oxygen atoms in total. The smallest absolute Gasteiger partial charge is 0.211 e. The Morgan fingerprint density at radius 3 is 2.24 bits per heavy atom. The van der Waals surface area contributed by atoms with Gasteiger partial charge in [-0.3, -0.25) is 0 Å². The molecule has 120 valence electrons. The van der Waals surface area contributed by atoms with Crippen LogP contribution in [0.25, 0.3) is 0 Å². The first kappa shape index (κ1) is 17.9. The quantitative estimate of drug-likeness (QED) is 0.587. The van der Waals surface area contributed by atoms with E-state index in [1.807, 2.05) is 0 Å². The Hall–Kier alpha value is -1.12. The molecule has 0 aliphatic rings. The van der Waals surface area contributed by atoms with Crippen LogP contribution in [0.3, 0.4) is 0 Å². The Morgan fingerprint density at radius 1 is 1.19 bits per heavy atom. The van der Waals surface area contributed by atoms with Crippen molar-refractivity contribution in [1.29, 1.82) is 0 Å². The number of halogens is 3. The summed E-state index contributed by atoms with van der Waals surface area (Å²) in [6, 6.07) is 1.86. The molecule has 0 aliphatic heterocycles. The Morgan fingerprint density at radius 2 is 1.76 bits per heavy atom. The summed E-state index contributed by atoms with van der Waals surface area (Å²) >= 11 is 0. The van der Waals surface area contributed by atoms with E-state index in [0.29, 0.717) is 31.6 Å². The highest BCUT2D eigenvalue weighted by Gasteiger charge is 2.13. The third kappa shape index (κ3) is 5.64. The minimum absolute atomic E-state index is 0.180. The van der Waals surface area contributed by atoms with Gasteiger partial charge in [0.2, 0.25) is 10.0 Å². The van der Waals surface area contributed by atoms with E-state index in [2.05, 4.69) is 5.32 Å². The van der Waals surface area contributed by atoms with Crippen molar-refractivity contribution in [2.24, 2.45) is 0 Å². The molecule has 0 heterocycles. The number of nitrogens with one attached hydrogen (secondary N) is 1. The molecule has 0 saturated carbocycles. The second kappa shape index (κ2) is 7.77. The number of hydrogen-bond donors (Lipinski definition) is 1. The first-order chi connectivity index (χ1) is 9.75. The Balaban J connectivity index is 2.38. The van der Waals surface area contributed by atoms with Crippen molar-refractivity contribution in [2.75, 3.05) is 25.9 Å². The topological polar surface area (TPSA) is 49.4 Å².